The first kappa shape index (κ1) is 10.5. The van der Waals surface area contributed by atoms with Crippen molar-refractivity contribution in [2.24, 2.45) is 0 Å². The van der Waals surface area contributed by atoms with Crippen molar-refractivity contribution < 1.29 is 4.74 Å². The van der Waals surface area contributed by atoms with Crippen LogP contribution in [0, 0.1) is 0 Å². The molecule has 0 amide bonds. The number of methoxy groups -OCH3 is 1. The zero-order chi connectivity index (χ0) is 11.1. The van der Waals surface area contributed by atoms with Crippen molar-refractivity contribution in [3.05, 3.63) is 29.1 Å². The lowest BCUT2D eigenvalue weighted by Crippen LogP contribution is -2.12. The number of thiophene rings is 1. The molecular formula is C13H16OS. The van der Waals surface area contributed by atoms with Gasteiger partial charge in [0, 0.05) is 10.3 Å². The third-order valence-electron chi connectivity index (χ3n) is 2.58. The Hall–Kier alpha value is -1.02. The van der Waals surface area contributed by atoms with Crippen molar-refractivity contribution in [1.29, 1.82) is 0 Å². The van der Waals surface area contributed by atoms with Gasteiger partial charge >= 0.3 is 0 Å². The van der Waals surface area contributed by atoms with Gasteiger partial charge in [-0.1, -0.05) is 20.8 Å². The summed E-state index contributed by atoms with van der Waals surface area (Å²) in [4.78, 5) is 0. The van der Waals surface area contributed by atoms with E-state index in [0.717, 1.165) is 5.75 Å². The number of hydrogen-bond acceptors (Lipinski definition) is 2. The summed E-state index contributed by atoms with van der Waals surface area (Å²) in [6.07, 6.45) is 0. The number of hydrogen-bond donors (Lipinski definition) is 0. The van der Waals surface area contributed by atoms with E-state index in [0.29, 0.717) is 0 Å². The molecular weight excluding hydrogens is 204 g/mol. The van der Waals surface area contributed by atoms with E-state index < -0.39 is 0 Å². The van der Waals surface area contributed by atoms with E-state index in [2.05, 4.69) is 44.4 Å². The minimum Gasteiger partial charge on any atom is -0.496 e. The summed E-state index contributed by atoms with van der Waals surface area (Å²) < 4.78 is 6.79. The Kier molecular flexibility index (Phi) is 2.47. The summed E-state index contributed by atoms with van der Waals surface area (Å²) in [7, 11) is 1.74. The first-order chi connectivity index (χ1) is 7.02. The first-order valence-electron chi connectivity index (χ1n) is 5.08. The molecule has 0 spiro atoms. The van der Waals surface area contributed by atoms with E-state index in [1.54, 1.807) is 18.4 Å². The molecule has 1 nitrogen and oxygen atoms in total. The Morgan fingerprint density at radius 2 is 1.93 bits per heavy atom. The molecule has 0 N–H and O–H groups in total. The summed E-state index contributed by atoms with van der Waals surface area (Å²) in [5.41, 5.74) is 1.41. The summed E-state index contributed by atoms with van der Waals surface area (Å²) in [5.74, 6) is 0.994. The Bertz CT molecular complexity index is 477. The lowest BCUT2D eigenvalue weighted by atomic mass is 9.86. The number of fused-ring (bicyclic) bond motifs is 1. The highest BCUT2D eigenvalue weighted by Gasteiger charge is 2.19. The maximum Gasteiger partial charge on any atom is 0.123 e. The van der Waals surface area contributed by atoms with Crippen LogP contribution in [0.1, 0.15) is 26.3 Å². The third-order valence-corrected chi connectivity index (χ3v) is 3.46. The van der Waals surface area contributed by atoms with Gasteiger partial charge in [0.15, 0.2) is 0 Å². The van der Waals surface area contributed by atoms with Crippen molar-refractivity contribution >= 4 is 21.4 Å². The second-order valence-electron chi connectivity index (χ2n) is 4.76. The van der Waals surface area contributed by atoms with Gasteiger partial charge in [0.1, 0.15) is 5.75 Å². The van der Waals surface area contributed by atoms with Gasteiger partial charge in [0.05, 0.1) is 7.11 Å². The fourth-order valence-corrected chi connectivity index (χ4v) is 2.55. The summed E-state index contributed by atoms with van der Waals surface area (Å²) in [5, 5.41) is 3.39. The smallest absolute Gasteiger partial charge is 0.123 e. The summed E-state index contributed by atoms with van der Waals surface area (Å²) in [6, 6.07) is 6.51. The van der Waals surface area contributed by atoms with E-state index in [1.165, 1.54) is 15.6 Å². The molecule has 0 aliphatic carbocycles. The molecule has 0 aliphatic rings. The summed E-state index contributed by atoms with van der Waals surface area (Å²) >= 11 is 1.78. The first-order valence-corrected chi connectivity index (χ1v) is 5.96. The highest BCUT2D eigenvalue weighted by molar-refractivity contribution is 7.17. The highest BCUT2D eigenvalue weighted by Crippen LogP contribution is 2.36. The standard InChI is InChI=1S/C13H16OS/c1-13(2,3)10-8-12-9(5-6-15-12)7-11(10)14-4/h5-8H,1-4H3. The van der Waals surface area contributed by atoms with Crippen LogP contribution in [0.3, 0.4) is 0 Å². The molecule has 0 atom stereocenters. The van der Waals surface area contributed by atoms with E-state index in [1.807, 2.05) is 0 Å². The molecule has 1 aromatic heterocycles. The molecule has 0 saturated heterocycles. The second-order valence-corrected chi connectivity index (χ2v) is 5.71. The molecule has 0 saturated carbocycles. The largest absolute Gasteiger partial charge is 0.496 e. The molecule has 1 heterocycles. The fraction of sp³-hybridized carbons (Fsp3) is 0.385. The topological polar surface area (TPSA) is 9.23 Å². The monoisotopic (exact) mass is 220 g/mol. The van der Waals surface area contributed by atoms with Crippen molar-refractivity contribution in [3.8, 4) is 5.75 Å². The number of ether oxygens (including phenoxy) is 1. The van der Waals surface area contributed by atoms with Gasteiger partial charge in [-0.05, 0) is 34.4 Å². The predicted octanol–water partition coefficient (Wildman–Crippen LogP) is 4.21. The van der Waals surface area contributed by atoms with E-state index in [9.17, 15) is 0 Å². The van der Waals surface area contributed by atoms with Crippen LogP contribution in [-0.4, -0.2) is 7.11 Å². The van der Waals surface area contributed by atoms with Crippen molar-refractivity contribution in [2.45, 2.75) is 26.2 Å². The molecule has 1 aromatic carbocycles. The molecule has 2 heteroatoms. The van der Waals surface area contributed by atoms with Crippen molar-refractivity contribution in [2.75, 3.05) is 7.11 Å². The van der Waals surface area contributed by atoms with Gasteiger partial charge in [-0.25, -0.2) is 0 Å². The molecule has 80 valence electrons. The van der Waals surface area contributed by atoms with Crippen molar-refractivity contribution in [1.82, 2.24) is 0 Å². The minimum atomic E-state index is 0.128. The van der Waals surface area contributed by atoms with E-state index in [-0.39, 0.29) is 5.41 Å². The quantitative estimate of drug-likeness (QED) is 0.699. The minimum absolute atomic E-state index is 0.128. The van der Waals surface area contributed by atoms with Crippen LogP contribution >= 0.6 is 11.3 Å². The van der Waals surface area contributed by atoms with Gasteiger partial charge in [0.25, 0.3) is 0 Å². The van der Waals surface area contributed by atoms with Gasteiger partial charge in [-0.15, -0.1) is 11.3 Å². The molecule has 0 unspecified atom stereocenters. The van der Waals surface area contributed by atoms with Crippen LogP contribution < -0.4 is 4.74 Å². The number of rotatable bonds is 1. The van der Waals surface area contributed by atoms with E-state index in [4.69, 9.17) is 4.74 Å². The van der Waals surface area contributed by atoms with Crippen LogP contribution in [0.4, 0.5) is 0 Å². The molecule has 0 radical (unpaired) electrons. The lowest BCUT2D eigenvalue weighted by Gasteiger charge is -2.22. The normalized spacial score (nSPS) is 12.0. The Morgan fingerprint density at radius 1 is 1.20 bits per heavy atom. The maximum atomic E-state index is 5.45. The molecule has 2 aromatic rings. The Balaban J connectivity index is 2.70. The van der Waals surface area contributed by atoms with Crippen LogP contribution in [0.2, 0.25) is 0 Å². The molecule has 15 heavy (non-hydrogen) atoms. The zero-order valence-corrected chi connectivity index (χ0v) is 10.4. The van der Waals surface area contributed by atoms with Crippen LogP contribution in [0.25, 0.3) is 10.1 Å². The highest BCUT2D eigenvalue weighted by atomic mass is 32.1. The summed E-state index contributed by atoms with van der Waals surface area (Å²) in [6.45, 7) is 6.64. The van der Waals surface area contributed by atoms with Crippen molar-refractivity contribution in [3.63, 3.8) is 0 Å². The average Bonchev–Trinajstić information content (AvgIpc) is 2.60. The fourth-order valence-electron chi connectivity index (χ4n) is 1.74. The number of benzene rings is 1. The Labute approximate surface area is 94.7 Å². The van der Waals surface area contributed by atoms with E-state index >= 15 is 0 Å². The molecule has 0 fully saturated rings. The average molecular weight is 220 g/mol. The second kappa shape index (κ2) is 3.53. The SMILES string of the molecule is COc1cc2ccsc2cc1C(C)(C)C. The third kappa shape index (κ3) is 1.86. The van der Waals surface area contributed by atoms with Gasteiger partial charge in [-0.2, -0.15) is 0 Å². The Morgan fingerprint density at radius 3 is 2.53 bits per heavy atom. The predicted molar refractivity (Wildman–Crippen MR) is 67.1 cm³/mol. The maximum absolute atomic E-state index is 5.45. The van der Waals surface area contributed by atoms with Gasteiger partial charge < -0.3 is 4.74 Å². The lowest BCUT2D eigenvalue weighted by molar-refractivity contribution is 0.398. The molecule has 0 bridgehead atoms. The van der Waals surface area contributed by atoms with Gasteiger partial charge in [-0.3, -0.25) is 0 Å². The molecule has 2 rings (SSSR count). The van der Waals surface area contributed by atoms with Crippen LogP contribution in [-0.2, 0) is 5.41 Å². The van der Waals surface area contributed by atoms with Crippen LogP contribution in [0.5, 0.6) is 5.75 Å². The van der Waals surface area contributed by atoms with Gasteiger partial charge in [0.2, 0.25) is 0 Å². The zero-order valence-electron chi connectivity index (χ0n) is 9.63. The van der Waals surface area contributed by atoms with Crippen LogP contribution in [0.15, 0.2) is 23.6 Å². The molecule has 0 aliphatic heterocycles.